The third-order valence-corrected chi connectivity index (χ3v) is 6.28. The van der Waals surface area contributed by atoms with Crippen molar-refractivity contribution in [1.29, 1.82) is 0 Å². The van der Waals surface area contributed by atoms with Gasteiger partial charge in [0.25, 0.3) is 0 Å². The summed E-state index contributed by atoms with van der Waals surface area (Å²) in [6, 6.07) is 7.64. The molecule has 1 N–H and O–H groups in total. The molecular weight excluding hydrogens is 270 g/mol. The summed E-state index contributed by atoms with van der Waals surface area (Å²) in [6.07, 6.45) is 4.72. The molecule has 0 radical (unpaired) electrons. The van der Waals surface area contributed by atoms with Gasteiger partial charge in [-0.05, 0) is 56.8 Å². The molecule has 0 spiro atoms. The highest BCUT2D eigenvalue weighted by Gasteiger charge is 2.32. The van der Waals surface area contributed by atoms with Gasteiger partial charge in [-0.25, -0.2) is 8.42 Å². The van der Waals surface area contributed by atoms with Crippen molar-refractivity contribution in [3.8, 4) is 0 Å². The topological polar surface area (TPSA) is 46.2 Å². The molecule has 0 amide bonds. The van der Waals surface area contributed by atoms with Crippen LogP contribution in [0.2, 0.25) is 0 Å². The lowest BCUT2D eigenvalue weighted by atomic mass is 9.95. The molecule has 0 bridgehead atoms. The van der Waals surface area contributed by atoms with Crippen LogP contribution >= 0.6 is 0 Å². The quantitative estimate of drug-likeness (QED) is 0.908. The zero-order valence-corrected chi connectivity index (χ0v) is 13.2. The first-order valence-corrected chi connectivity index (χ1v) is 9.12. The van der Waals surface area contributed by atoms with E-state index in [1.54, 1.807) is 12.1 Å². The smallest absolute Gasteiger partial charge is 0.181 e. The second kappa shape index (κ2) is 6.72. The van der Waals surface area contributed by atoms with Gasteiger partial charge < -0.3 is 5.32 Å². The molecule has 20 heavy (non-hydrogen) atoms. The number of aryl methyl sites for hydroxylation is 1. The molecule has 0 aliphatic heterocycles. The van der Waals surface area contributed by atoms with Gasteiger partial charge in [-0.3, -0.25) is 0 Å². The fraction of sp³-hybridized carbons (Fsp3) is 0.625. The molecular formula is C16H25NO2S. The Morgan fingerprint density at radius 3 is 2.80 bits per heavy atom. The van der Waals surface area contributed by atoms with Crippen LogP contribution in [0.1, 0.15) is 44.6 Å². The maximum atomic E-state index is 12.7. The van der Waals surface area contributed by atoms with Crippen LogP contribution in [0.15, 0.2) is 29.2 Å². The predicted octanol–water partition coefficient (Wildman–Crippen LogP) is 3.08. The van der Waals surface area contributed by atoms with E-state index in [0.29, 0.717) is 10.9 Å². The van der Waals surface area contributed by atoms with Crippen molar-refractivity contribution < 1.29 is 8.42 Å². The zero-order chi connectivity index (χ0) is 14.6. The Labute approximate surface area is 122 Å². The fourth-order valence-electron chi connectivity index (χ4n) is 2.95. The van der Waals surface area contributed by atoms with Crippen LogP contribution in [0.3, 0.4) is 0 Å². The lowest BCUT2D eigenvalue weighted by Gasteiger charge is -2.29. The Balaban J connectivity index is 2.13. The summed E-state index contributed by atoms with van der Waals surface area (Å²) >= 11 is 0. The lowest BCUT2D eigenvalue weighted by Crippen LogP contribution is -2.39. The van der Waals surface area contributed by atoms with Crippen molar-refractivity contribution >= 4 is 9.84 Å². The van der Waals surface area contributed by atoms with Crippen molar-refractivity contribution in [2.45, 2.75) is 62.1 Å². The van der Waals surface area contributed by atoms with Gasteiger partial charge in [-0.1, -0.05) is 25.5 Å². The summed E-state index contributed by atoms with van der Waals surface area (Å²) in [5.41, 5.74) is 1.00. The van der Waals surface area contributed by atoms with Gasteiger partial charge in [0.15, 0.2) is 9.84 Å². The molecule has 0 saturated heterocycles. The van der Waals surface area contributed by atoms with Gasteiger partial charge >= 0.3 is 0 Å². The van der Waals surface area contributed by atoms with E-state index in [2.05, 4.69) is 12.2 Å². The number of sulfone groups is 1. The van der Waals surface area contributed by atoms with Gasteiger partial charge in [0.1, 0.15) is 0 Å². The van der Waals surface area contributed by atoms with E-state index in [0.717, 1.165) is 44.2 Å². The second-order valence-corrected chi connectivity index (χ2v) is 8.03. The van der Waals surface area contributed by atoms with Crippen LogP contribution in [-0.2, 0) is 9.84 Å². The highest BCUT2D eigenvalue weighted by molar-refractivity contribution is 7.92. The van der Waals surface area contributed by atoms with E-state index in [9.17, 15) is 8.42 Å². The van der Waals surface area contributed by atoms with Crippen molar-refractivity contribution in [3.63, 3.8) is 0 Å². The van der Waals surface area contributed by atoms with Gasteiger partial charge in [0.2, 0.25) is 0 Å². The van der Waals surface area contributed by atoms with E-state index >= 15 is 0 Å². The summed E-state index contributed by atoms with van der Waals surface area (Å²) in [7, 11) is -3.18. The number of rotatable bonds is 5. The van der Waals surface area contributed by atoms with Crippen LogP contribution in [0.4, 0.5) is 0 Å². The monoisotopic (exact) mass is 295 g/mol. The van der Waals surface area contributed by atoms with Crippen LogP contribution in [0.5, 0.6) is 0 Å². The fourth-order valence-corrected chi connectivity index (χ4v) is 4.91. The standard InChI is InChI=1S/C16H25NO2S/c1-3-10-17-14-7-5-9-16(12-14)20(18,19)15-8-4-6-13(2)11-15/h4,6,8,11,14,16-17H,3,5,7,9-10,12H2,1-2H3. The molecule has 112 valence electrons. The molecule has 1 fully saturated rings. The van der Waals surface area contributed by atoms with Gasteiger partial charge in [-0.15, -0.1) is 0 Å². The predicted molar refractivity (Wildman–Crippen MR) is 82.7 cm³/mol. The first-order valence-electron chi connectivity index (χ1n) is 7.58. The van der Waals surface area contributed by atoms with E-state index in [4.69, 9.17) is 0 Å². The molecule has 1 aromatic carbocycles. The first kappa shape index (κ1) is 15.5. The highest BCUT2D eigenvalue weighted by atomic mass is 32.2. The number of nitrogens with one attached hydrogen (secondary N) is 1. The van der Waals surface area contributed by atoms with E-state index in [-0.39, 0.29) is 5.25 Å². The molecule has 0 heterocycles. The Morgan fingerprint density at radius 2 is 2.10 bits per heavy atom. The normalized spacial score (nSPS) is 23.7. The summed E-state index contributed by atoms with van der Waals surface area (Å²) in [5.74, 6) is 0. The second-order valence-electron chi connectivity index (χ2n) is 5.80. The summed E-state index contributed by atoms with van der Waals surface area (Å²) in [4.78, 5) is 0.485. The van der Waals surface area contributed by atoms with Gasteiger partial charge in [0.05, 0.1) is 10.1 Å². The molecule has 2 atom stereocenters. The zero-order valence-electron chi connectivity index (χ0n) is 12.4. The average Bonchev–Trinajstić information content (AvgIpc) is 2.45. The van der Waals surface area contributed by atoms with E-state index in [1.165, 1.54) is 0 Å². The van der Waals surface area contributed by atoms with Crippen LogP contribution in [0.25, 0.3) is 0 Å². The first-order chi connectivity index (χ1) is 9.54. The van der Waals surface area contributed by atoms with Crippen molar-refractivity contribution in [3.05, 3.63) is 29.8 Å². The third-order valence-electron chi connectivity index (χ3n) is 4.07. The molecule has 1 aliphatic rings. The van der Waals surface area contributed by atoms with E-state index < -0.39 is 9.84 Å². The number of benzene rings is 1. The molecule has 0 aromatic heterocycles. The summed E-state index contributed by atoms with van der Waals surface area (Å²) in [6.45, 7) is 5.05. The molecule has 3 nitrogen and oxygen atoms in total. The maximum absolute atomic E-state index is 12.7. The number of hydrogen-bond acceptors (Lipinski definition) is 3. The SMILES string of the molecule is CCCNC1CCCC(S(=O)(=O)c2cccc(C)c2)C1. The molecule has 1 aromatic rings. The van der Waals surface area contributed by atoms with Crippen molar-refractivity contribution in [2.24, 2.45) is 0 Å². The minimum absolute atomic E-state index is 0.229. The maximum Gasteiger partial charge on any atom is 0.181 e. The van der Waals surface area contributed by atoms with Crippen LogP contribution in [-0.4, -0.2) is 26.3 Å². The Morgan fingerprint density at radius 1 is 1.30 bits per heavy atom. The molecule has 2 unspecified atom stereocenters. The average molecular weight is 295 g/mol. The molecule has 1 aliphatic carbocycles. The summed E-state index contributed by atoms with van der Waals surface area (Å²) < 4.78 is 25.5. The molecule has 2 rings (SSSR count). The Bertz CT molecular complexity index is 539. The Kier molecular flexibility index (Phi) is 5.22. The largest absolute Gasteiger partial charge is 0.314 e. The lowest BCUT2D eigenvalue weighted by molar-refractivity contribution is 0.372. The highest BCUT2D eigenvalue weighted by Crippen LogP contribution is 2.29. The van der Waals surface area contributed by atoms with Crippen molar-refractivity contribution in [2.75, 3.05) is 6.54 Å². The van der Waals surface area contributed by atoms with Crippen molar-refractivity contribution in [1.82, 2.24) is 5.32 Å². The van der Waals surface area contributed by atoms with Gasteiger partial charge in [-0.2, -0.15) is 0 Å². The third kappa shape index (κ3) is 3.61. The summed E-state index contributed by atoms with van der Waals surface area (Å²) in [5, 5.41) is 3.24. The molecule has 4 heteroatoms. The van der Waals surface area contributed by atoms with Gasteiger partial charge in [0, 0.05) is 6.04 Å². The van der Waals surface area contributed by atoms with Crippen LogP contribution < -0.4 is 5.32 Å². The Hall–Kier alpha value is -0.870. The number of hydrogen-bond donors (Lipinski definition) is 1. The van der Waals surface area contributed by atoms with Crippen LogP contribution in [0, 0.1) is 6.92 Å². The minimum atomic E-state index is -3.18. The molecule has 1 saturated carbocycles. The van der Waals surface area contributed by atoms with E-state index in [1.807, 2.05) is 19.1 Å². The minimum Gasteiger partial charge on any atom is -0.314 e.